The van der Waals surface area contributed by atoms with Gasteiger partial charge in [-0.3, -0.25) is 0 Å². The Morgan fingerprint density at radius 1 is 1.40 bits per heavy atom. The summed E-state index contributed by atoms with van der Waals surface area (Å²) >= 11 is 5.76. The zero-order valence-corrected chi connectivity index (χ0v) is 9.36. The molecule has 0 spiro atoms. The van der Waals surface area contributed by atoms with Crippen LogP contribution in [0.25, 0.3) is 5.82 Å². The Morgan fingerprint density at radius 3 is 2.80 bits per heavy atom. The Balaban J connectivity index is 2.49. The summed E-state index contributed by atoms with van der Waals surface area (Å²) in [5.41, 5.74) is 1.02. The molecule has 2 heterocycles. The van der Waals surface area contributed by atoms with Crippen LogP contribution in [0.15, 0.2) is 18.3 Å². The van der Waals surface area contributed by atoms with E-state index in [0.29, 0.717) is 5.88 Å². The van der Waals surface area contributed by atoms with E-state index in [0.717, 1.165) is 23.0 Å². The number of pyridine rings is 1. The van der Waals surface area contributed by atoms with Crippen LogP contribution < -0.4 is 0 Å². The molecule has 0 amide bonds. The van der Waals surface area contributed by atoms with Crippen molar-refractivity contribution in [1.82, 2.24) is 19.7 Å². The smallest absolute Gasteiger partial charge is 0.155 e. The fourth-order valence-corrected chi connectivity index (χ4v) is 1.56. The van der Waals surface area contributed by atoms with Crippen LogP contribution in [0.2, 0.25) is 0 Å². The summed E-state index contributed by atoms with van der Waals surface area (Å²) in [7, 11) is 0. The first kappa shape index (κ1) is 10.1. The lowest BCUT2D eigenvalue weighted by Crippen LogP contribution is -2.02. The molecule has 2 aromatic heterocycles. The molecule has 0 saturated carbocycles. The van der Waals surface area contributed by atoms with E-state index in [1.165, 1.54) is 0 Å². The van der Waals surface area contributed by atoms with Crippen molar-refractivity contribution >= 4 is 11.6 Å². The van der Waals surface area contributed by atoms with Gasteiger partial charge in [0.05, 0.1) is 0 Å². The highest BCUT2D eigenvalue weighted by atomic mass is 35.5. The molecule has 0 aliphatic heterocycles. The number of nitrogens with zero attached hydrogens (tertiary/aromatic N) is 4. The van der Waals surface area contributed by atoms with Gasteiger partial charge >= 0.3 is 0 Å². The van der Waals surface area contributed by atoms with Gasteiger partial charge in [0.1, 0.15) is 11.6 Å². The summed E-state index contributed by atoms with van der Waals surface area (Å²) in [4.78, 5) is 8.46. The van der Waals surface area contributed by atoms with Gasteiger partial charge in [0.2, 0.25) is 0 Å². The molecule has 0 N–H and O–H groups in total. The van der Waals surface area contributed by atoms with Crippen LogP contribution in [-0.4, -0.2) is 19.7 Å². The van der Waals surface area contributed by atoms with E-state index in [4.69, 9.17) is 11.6 Å². The first-order valence-electron chi connectivity index (χ1n) is 4.62. The van der Waals surface area contributed by atoms with Gasteiger partial charge < -0.3 is 0 Å². The molecule has 2 rings (SSSR count). The number of alkyl halides is 1. The maximum absolute atomic E-state index is 5.76. The van der Waals surface area contributed by atoms with Gasteiger partial charge in [-0.2, -0.15) is 4.68 Å². The average Bonchev–Trinajstić information content (AvgIpc) is 2.58. The van der Waals surface area contributed by atoms with Gasteiger partial charge in [-0.05, 0) is 31.5 Å². The second-order valence-electron chi connectivity index (χ2n) is 3.27. The highest BCUT2D eigenvalue weighted by molar-refractivity contribution is 6.17. The Kier molecular flexibility index (Phi) is 2.68. The van der Waals surface area contributed by atoms with E-state index >= 15 is 0 Å². The molecular weight excluding hydrogens is 212 g/mol. The summed E-state index contributed by atoms with van der Waals surface area (Å²) in [6.07, 6.45) is 1.73. The van der Waals surface area contributed by atoms with Crippen molar-refractivity contribution in [1.29, 1.82) is 0 Å². The normalized spacial score (nSPS) is 10.6. The van der Waals surface area contributed by atoms with Crippen molar-refractivity contribution in [2.45, 2.75) is 19.7 Å². The number of hydrogen-bond acceptors (Lipinski definition) is 3. The van der Waals surface area contributed by atoms with Crippen molar-refractivity contribution in [2.24, 2.45) is 0 Å². The van der Waals surface area contributed by atoms with Gasteiger partial charge in [-0.25, -0.2) is 9.97 Å². The van der Waals surface area contributed by atoms with Gasteiger partial charge in [0.25, 0.3) is 0 Å². The second kappa shape index (κ2) is 3.98. The molecule has 0 fully saturated rings. The topological polar surface area (TPSA) is 43.6 Å². The predicted octanol–water partition coefficient (Wildman–Crippen LogP) is 2.02. The maximum Gasteiger partial charge on any atom is 0.155 e. The maximum atomic E-state index is 5.76. The summed E-state index contributed by atoms with van der Waals surface area (Å²) in [6, 6.07) is 3.80. The van der Waals surface area contributed by atoms with E-state index in [1.807, 2.05) is 26.0 Å². The van der Waals surface area contributed by atoms with Gasteiger partial charge in [-0.15, -0.1) is 16.7 Å². The minimum absolute atomic E-state index is 0.474. The lowest BCUT2D eigenvalue weighted by Gasteiger charge is -2.02. The van der Waals surface area contributed by atoms with Crippen LogP contribution in [-0.2, 0) is 5.88 Å². The Bertz CT molecular complexity index is 478. The van der Waals surface area contributed by atoms with Gasteiger partial charge in [-0.1, -0.05) is 0 Å². The van der Waals surface area contributed by atoms with E-state index in [-0.39, 0.29) is 0 Å². The van der Waals surface area contributed by atoms with Crippen LogP contribution >= 0.6 is 11.6 Å². The van der Waals surface area contributed by atoms with Crippen molar-refractivity contribution < 1.29 is 0 Å². The van der Waals surface area contributed by atoms with Crippen LogP contribution in [0.3, 0.4) is 0 Å². The Morgan fingerprint density at radius 2 is 2.20 bits per heavy atom. The molecule has 4 nitrogen and oxygen atoms in total. The molecule has 15 heavy (non-hydrogen) atoms. The standard InChI is InChI=1S/C10H11ClN4/c1-7-13-8(2)15(14-7)10-5-9(6-11)3-4-12-10/h3-5H,6H2,1-2H3. The van der Waals surface area contributed by atoms with Crippen LogP contribution in [0.5, 0.6) is 0 Å². The minimum Gasteiger partial charge on any atom is -0.237 e. The van der Waals surface area contributed by atoms with E-state index in [9.17, 15) is 0 Å². The number of rotatable bonds is 2. The summed E-state index contributed by atoms with van der Waals surface area (Å²) < 4.78 is 1.71. The zero-order chi connectivity index (χ0) is 10.8. The fourth-order valence-electron chi connectivity index (χ4n) is 1.40. The van der Waals surface area contributed by atoms with Crippen molar-refractivity contribution in [3.63, 3.8) is 0 Å². The molecule has 0 unspecified atom stereocenters. The Labute approximate surface area is 92.9 Å². The van der Waals surface area contributed by atoms with E-state index < -0.39 is 0 Å². The minimum atomic E-state index is 0.474. The molecule has 2 aromatic rings. The number of hydrogen-bond donors (Lipinski definition) is 0. The molecule has 0 bridgehead atoms. The quantitative estimate of drug-likeness (QED) is 0.731. The number of aryl methyl sites for hydroxylation is 2. The number of halogens is 1. The van der Waals surface area contributed by atoms with Gasteiger partial charge in [0.15, 0.2) is 5.82 Å². The van der Waals surface area contributed by atoms with Gasteiger partial charge in [0, 0.05) is 12.1 Å². The third-order valence-corrected chi connectivity index (χ3v) is 2.36. The van der Waals surface area contributed by atoms with Crippen molar-refractivity contribution in [3.05, 3.63) is 35.5 Å². The highest BCUT2D eigenvalue weighted by Gasteiger charge is 2.06. The monoisotopic (exact) mass is 222 g/mol. The van der Waals surface area contributed by atoms with Crippen LogP contribution in [0.1, 0.15) is 17.2 Å². The SMILES string of the molecule is Cc1nc(C)n(-c2cc(CCl)ccn2)n1. The molecule has 0 aliphatic carbocycles. The van der Waals surface area contributed by atoms with Crippen molar-refractivity contribution in [2.75, 3.05) is 0 Å². The predicted molar refractivity (Wildman–Crippen MR) is 58.2 cm³/mol. The molecule has 0 atom stereocenters. The first-order valence-corrected chi connectivity index (χ1v) is 5.15. The zero-order valence-electron chi connectivity index (χ0n) is 8.61. The highest BCUT2D eigenvalue weighted by Crippen LogP contribution is 2.10. The largest absolute Gasteiger partial charge is 0.237 e. The van der Waals surface area contributed by atoms with Crippen molar-refractivity contribution in [3.8, 4) is 5.82 Å². The lowest BCUT2D eigenvalue weighted by molar-refractivity contribution is 0.802. The molecule has 0 aliphatic rings. The Hall–Kier alpha value is -1.42. The molecule has 0 radical (unpaired) electrons. The first-order chi connectivity index (χ1) is 7.20. The summed E-state index contributed by atoms with van der Waals surface area (Å²) in [5.74, 6) is 2.80. The van der Waals surface area contributed by atoms with E-state index in [1.54, 1.807) is 10.9 Å². The van der Waals surface area contributed by atoms with E-state index in [2.05, 4.69) is 15.1 Å². The summed E-state index contributed by atoms with van der Waals surface area (Å²) in [5, 5.41) is 4.26. The van der Waals surface area contributed by atoms with Crippen LogP contribution in [0.4, 0.5) is 0 Å². The molecule has 0 saturated heterocycles. The third-order valence-electron chi connectivity index (χ3n) is 2.06. The molecule has 5 heteroatoms. The molecular formula is C10H11ClN4. The lowest BCUT2D eigenvalue weighted by atomic mass is 10.3. The molecule has 78 valence electrons. The van der Waals surface area contributed by atoms with Crippen LogP contribution in [0, 0.1) is 13.8 Å². The summed E-state index contributed by atoms with van der Waals surface area (Å²) in [6.45, 7) is 3.75. The fraction of sp³-hybridized carbons (Fsp3) is 0.300. The number of aromatic nitrogens is 4. The second-order valence-corrected chi connectivity index (χ2v) is 3.54. The molecule has 0 aromatic carbocycles. The third kappa shape index (κ3) is 1.99. The average molecular weight is 223 g/mol.